The van der Waals surface area contributed by atoms with Crippen molar-refractivity contribution in [2.24, 2.45) is 5.92 Å². The molecule has 2 nitrogen and oxygen atoms in total. The maximum Gasteiger partial charge on any atom is 0.120 e. The van der Waals surface area contributed by atoms with Crippen LogP contribution in [0.5, 0.6) is 0 Å². The van der Waals surface area contributed by atoms with Crippen molar-refractivity contribution in [3.63, 3.8) is 0 Å². The molecule has 0 aromatic heterocycles. The molecule has 1 saturated carbocycles. The average molecular weight is 339 g/mol. The minimum atomic E-state index is -0.633. The van der Waals surface area contributed by atoms with Crippen LogP contribution >= 0.6 is 0 Å². The summed E-state index contributed by atoms with van der Waals surface area (Å²) in [6, 6.07) is 21.6. The van der Waals surface area contributed by atoms with E-state index in [1.807, 2.05) is 6.07 Å². The maximum atomic E-state index is 11.8. The van der Waals surface area contributed by atoms with Crippen molar-refractivity contribution in [3.8, 4) is 0 Å². The third-order valence-electron chi connectivity index (χ3n) is 5.77. The third-order valence-corrected chi connectivity index (χ3v) is 5.77. The van der Waals surface area contributed by atoms with E-state index in [0.29, 0.717) is 6.04 Å². The van der Waals surface area contributed by atoms with Crippen molar-refractivity contribution in [2.75, 3.05) is 21.1 Å². The molecule has 1 aliphatic rings. The van der Waals surface area contributed by atoms with Crippen molar-refractivity contribution < 1.29 is 9.59 Å². The Labute approximate surface area is 152 Å². The highest BCUT2D eigenvalue weighted by Gasteiger charge is 2.48. The number of hydrogen-bond acceptors (Lipinski definition) is 1. The molecular formula is C23H32NO+. The van der Waals surface area contributed by atoms with E-state index in [2.05, 4.69) is 75.7 Å². The van der Waals surface area contributed by atoms with E-state index in [1.165, 1.54) is 17.5 Å². The highest BCUT2D eigenvalue weighted by molar-refractivity contribution is 5.22. The Hall–Kier alpha value is -1.64. The molecule has 3 atom stereocenters. The second kappa shape index (κ2) is 7.31. The third kappa shape index (κ3) is 4.13. The molecule has 1 aliphatic carbocycles. The molecule has 0 bridgehead atoms. The van der Waals surface area contributed by atoms with Crippen LogP contribution < -0.4 is 0 Å². The summed E-state index contributed by atoms with van der Waals surface area (Å²) in [6.07, 6.45) is 5.08. The van der Waals surface area contributed by atoms with Gasteiger partial charge in [-0.3, -0.25) is 0 Å². The smallest absolute Gasteiger partial charge is 0.120 e. The van der Waals surface area contributed by atoms with Gasteiger partial charge in [0.25, 0.3) is 0 Å². The van der Waals surface area contributed by atoms with Gasteiger partial charge in [-0.1, -0.05) is 73.5 Å². The van der Waals surface area contributed by atoms with Gasteiger partial charge in [0, 0.05) is 17.9 Å². The lowest BCUT2D eigenvalue weighted by molar-refractivity contribution is -0.908. The first kappa shape index (κ1) is 18.2. The van der Waals surface area contributed by atoms with Crippen LogP contribution in [0.4, 0.5) is 0 Å². The predicted molar refractivity (Wildman–Crippen MR) is 104 cm³/mol. The van der Waals surface area contributed by atoms with Crippen molar-refractivity contribution in [1.29, 1.82) is 0 Å². The van der Waals surface area contributed by atoms with Gasteiger partial charge in [-0.15, -0.1) is 0 Å². The molecule has 0 amide bonds. The molecule has 2 aromatic carbocycles. The summed E-state index contributed by atoms with van der Waals surface area (Å²) in [5.41, 5.74) is 1.95. The van der Waals surface area contributed by atoms with Crippen molar-refractivity contribution in [1.82, 2.24) is 0 Å². The Morgan fingerprint density at radius 3 is 2.16 bits per heavy atom. The lowest BCUT2D eigenvalue weighted by atomic mass is 9.67. The van der Waals surface area contributed by atoms with Gasteiger partial charge >= 0.3 is 0 Å². The van der Waals surface area contributed by atoms with Gasteiger partial charge < -0.3 is 9.59 Å². The standard InChI is InChI=1S/C23H32NO/c1-24(2,3)22(20-14-8-5-9-15-20)21-16-10-11-17-23(21,25)18-19-12-6-4-7-13-19/h4-9,12-15,21-22,25H,10-11,16-18H2,1-3H3/q+1/t21-,22-,23+/m0/s1. The van der Waals surface area contributed by atoms with Crippen LogP contribution in [0.3, 0.4) is 0 Å². The van der Waals surface area contributed by atoms with E-state index in [4.69, 9.17) is 0 Å². The molecule has 0 saturated heterocycles. The molecule has 3 rings (SSSR count). The summed E-state index contributed by atoms with van der Waals surface area (Å²) in [5.74, 6) is 0.267. The summed E-state index contributed by atoms with van der Waals surface area (Å²) in [4.78, 5) is 0. The fraction of sp³-hybridized carbons (Fsp3) is 0.478. The molecule has 1 N–H and O–H groups in total. The molecular weight excluding hydrogens is 306 g/mol. The van der Waals surface area contributed by atoms with E-state index in [1.54, 1.807) is 0 Å². The largest absolute Gasteiger partial charge is 0.389 e. The first-order chi connectivity index (χ1) is 11.9. The minimum Gasteiger partial charge on any atom is -0.389 e. The van der Waals surface area contributed by atoms with Crippen LogP contribution in [-0.2, 0) is 6.42 Å². The van der Waals surface area contributed by atoms with Crippen LogP contribution in [0, 0.1) is 5.92 Å². The number of aliphatic hydroxyl groups is 1. The fourth-order valence-corrected chi connectivity index (χ4v) is 4.74. The Kier molecular flexibility index (Phi) is 5.31. The number of rotatable bonds is 5. The molecule has 0 radical (unpaired) electrons. The monoisotopic (exact) mass is 338 g/mol. The molecule has 0 spiro atoms. The number of nitrogens with zero attached hydrogens (tertiary/aromatic N) is 1. The summed E-state index contributed by atoms with van der Waals surface area (Å²) >= 11 is 0. The first-order valence-electron chi connectivity index (χ1n) is 9.52. The van der Waals surface area contributed by atoms with Crippen molar-refractivity contribution in [3.05, 3.63) is 71.8 Å². The quantitative estimate of drug-likeness (QED) is 0.790. The zero-order chi connectivity index (χ0) is 17.9. The Bertz CT molecular complexity index is 661. The number of hydrogen-bond donors (Lipinski definition) is 1. The average Bonchev–Trinajstić information content (AvgIpc) is 2.57. The van der Waals surface area contributed by atoms with Gasteiger partial charge in [-0.25, -0.2) is 0 Å². The summed E-state index contributed by atoms with van der Waals surface area (Å²) in [7, 11) is 6.78. The zero-order valence-electron chi connectivity index (χ0n) is 15.9. The summed E-state index contributed by atoms with van der Waals surface area (Å²) in [6.45, 7) is 0. The Morgan fingerprint density at radius 2 is 1.56 bits per heavy atom. The minimum absolute atomic E-state index is 0.267. The molecule has 25 heavy (non-hydrogen) atoms. The van der Waals surface area contributed by atoms with Crippen molar-refractivity contribution >= 4 is 0 Å². The van der Waals surface area contributed by atoms with E-state index >= 15 is 0 Å². The normalized spacial score (nSPS) is 25.5. The molecule has 1 fully saturated rings. The molecule has 134 valence electrons. The first-order valence-corrected chi connectivity index (χ1v) is 9.52. The van der Waals surface area contributed by atoms with Gasteiger partial charge in [0.05, 0.1) is 26.7 Å². The van der Waals surface area contributed by atoms with Crippen LogP contribution in [0.25, 0.3) is 0 Å². The van der Waals surface area contributed by atoms with Gasteiger partial charge in [-0.2, -0.15) is 0 Å². The van der Waals surface area contributed by atoms with E-state index < -0.39 is 5.60 Å². The van der Waals surface area contributed by atoms with E-state index in [0.717, 1.165) is 30.2 Å². The molecule has 0 unspecified atom stereocenters. The van der Waals surface area contributed by atoms with Gasteiger partial charge in [-0.05, 0) is 18.4 Å². The second-order valence-electron chi connectivity index (χ2n) is 8.59. The molecule has 0 aliphatic heterocycles. The summed E-state index contributed by atoms with van der Waals surface area (Å²) < 4.78 is 0.839. The zero-order valence-corrected chi connectivity index (χ0v) is 15.9. The molecule has 2 heteroatoms. The predicted octanol–water partition coefficient (Wildman–Crippen LogP) is 4.60. The topological polar surface area (TPSA) is 20.2 Å². The Morgan fingerprint density at radius 1 is 0.960 bits per heavy atom. The molecule has 0 heterocycles. The Balaban J connectivity index is 1.97. The molecule has 2 aromatic rings. The SMILES string of the molecule is C[N+](C)(C)[C@@H](c1ccccc1)[C@@H]1CCCC[C@@]1(O)Cc1ccccc1. The van der Waals surface area contributed by atoms with Crippen LogP contribution in [0.2, 0.25) is 0 Å². The highest BCUT2D eigenvalue weighted by atomic mass is 16.3. The van der Waals surface area contributed by atoms with Crippen LogP contribution in [0.15, 0.2) is 60.7 Å². The van der Waals surface area contributed by atoms with Gasteiger partial charge in [0.1, 0.15) is 6.04 Å². The number of quaternary nitrogens is 1. The lowest BCUT2D eigenvalue weighted by Crippen LogP contribution is -2.53. The van der Waals surface area contributed by atoms with Crippen LogP contribution in [0.1, 0.15) is 42.9 Å². The fourth-order valence-electron chi connectivity index (χ4n) is 4.74. The second-order valence-corrected chi connectivity index (χ2v) is 8.59. The van der Waals surface area contributed by atoms with E-state index in [-0.39, 0.29) is 5.92 Å². The highest BCUT2D eigenvalue weighted by Crippen LogP contribution is 2.46. The van der Waals surface area contributed by atoms with E-state index in [9.17, 15) is 5.11 Å². The van der Waals surface area contributed by atoms with Gasteiger partial charge in [0.2, 0.25) is 0 Å². The van der Waals surface area contributed by atoms with Crippen molar-refractivity contribution in [2.45, 2.75) is 43.7 Å². The van der Waals surface area contributed by atoms with Crippen LogP contribution in [-0.4, -0.2) is 36.3 Å². The number of benzene rings is 2. The summed E-state index contributed by atoms with van der Waals surface area (Å²) in [5, 5.41) is 11.8. The lowest BCUT2D eigenvalue weighted by Gasteiger charge is -2.48. The maximum absolute atomic E-state index is 11.8. The van der Waals surface area contributed by atoms with Gasteiger partial charge in [0.15, 0.2) is 0 Å².